The zero-order valence-corrected chi connectivity index (χ0v) is 34.3. The number of nitrogens with zero attached hydrogens (tertiary/aromatic N) is 2. The SMILES string of the molecule is CC1(C)c2ccccc2N(c2c(-c3ccc(-c4cccc(N(c5ccccc5)c5ccccc5)c4)cc3)ccc3ccccc23)c2cccc(-c3cccc4ccccc34)c21. The van der Waals surface area contributed by atoms with Crippen LogP contribution in [0, 0.1) is 0 Å². The highest BCUT2D eigenvalue weighted by molar-refractivity contribution is 6.09. The minimum atomic E-state index is -0.270. The van der Waals surface area contributed by atoms with Gasteiger partial charge in [-0.2, -0.15) is 0 Å². The molecule has 0 aromatic heterocycles. The second-order valence-corrected chi connectivity index (χ2v) is 16.5. The topological polar surface area (TPSA) is 6.48 Å². The molecule has 0 fully saturated rings. The predicted molar refractivity (Wildman–Crippen MR) is 259 cm³/mol. The van der Waals surface area contributed by atoms with Crippen LogP contribution in [0.3, 0.4) is 0 Å². The van der Waals surface area contributed by atoms with E-state index in [0.29, 0.717) is 0 Å². The van der Waals surface area contributed by atoms with Crippen LogP contribution < -0.4 is 9.80 Å². The fourth-order valence-electron chi connectivity index (χ4n) is 9.77. The van der Waals surface area contributed by atoms with E-state index in [-0.39, 0.29) is 5.41 Å². The van der Waals surface area contributed by atoms with Crippen LogP contribution in [0.4, 0.5) is 34.1 Å². The van der Waals surface area contributed by atoms with Crippen molar-refractivity contribution in [2.24, 2.45) is 0 Å². The molecular formula is C59H44N2. The van der Waals surface area contributed by atoms with E-state index in [2.05, 4.69) is 254 Å². The van der Waals surface area contributed by atoms with Gasteiger partial charge in [-0.15, -0.1) is 0 Å². The third-order valence-corrected chi connectivity index (χ3v) is 12.6. The van der Waals surface area contributed by atoms with Gasteiger partial charge in [0, 0.05) is 33.4 Å². The van der Waals surface area contributed by atoms with Crippen LogP contribution in [0.5, 0.6) is 0 Å². The van der Waals surface area contributed by atoms with E-state index in [4.69, 9.17) is 0 Å². The van der Waals surface area contributed by atoms with Crippen molar-refractivity contribution in [3.63, 3.8) is 0 Å². The van der Waals surface area contributed by atoms with E-state index in [1.165, 1.54) is 83.1 Å². The molecule has 0 saturated carbocycles. The van der Waals surface area contributed by atoms with E-state index < -0.39 is 0 Å². The number of fused-ring (bicyclic) bond motifs is 4. The summed E-state index contributed by atoms with van der Waals surface area (Å²) in [4.78, 5) is 4.88. The van der Waals surface area contributed by atoms with Crippen LogP contribution in [0.25, 0.3) is 54.9 Å². The first kappa shape index (κ1) is 36.4. The molecule has 0 unspecified atom stereocenters. The monoisotopic (exact) mass is 780 g/mol. The van der Waals surface area contributed by atoms with Gasteiger partial charge in [0.15, 0.2) is 0 Å². The summed E-state index contributed by atoms with van der Waals surface area (Å²) in [5, 5.41) is 4.95. The molecule has 0 aliphatic carbocycles. The molecule has 1 heterocycles. The molecule has 0 radical (unpaired) electrons. The number of rotatable bonds is 7. The molecule has 1 aliphatic rings. The number of hydrogen-bond acceptors (Lipinski definition) is 2. The molecule has 0 atom stereocenters. The maximum atomic E-state index is 2.56. The molecule has 0 spiro atoms. The van der Waals surface area contributed by atoms with Crippen LogP contribution in [-0.2, 0) is 5.41 Å². The Morgan fingerprint density at radius 3 is 1.66 bits per heavy atom. The average molecular weight is 781 g/mol. The van der Waals surface area contributed by atoms with Crippen molar-refractivity contribution in [2.75, 3.05) is 9.80 Å². The summed E-state index contributed by atoms with van der Waals surface area (Å²) in [6.45, 7) is 4.79. The summed E-state index contributed by atoms with van der Waals surface area (Å²) in [6, 6.07) is 84.1. The van der Waals surface area contributed by atoms with Crippen LogP contribution in [0.15, 0.2) is 231 Å². The van der Waals surface area contributed by atoms with Crippen LogP contribution in [-0.4, -0.2) is 0 Å². The molecule has 0 N–H and O–H groups in total. The van der Waals surface area contributed by atoms with Gasteiger partial charge in [0.1, 0.15) is 0 Å². The van der Waals surface area contributed by atoms with Gasteiger partial charge in [-0.1, -0.05) is 196 Å². The molecule has 1 aliphatic heterocycles. The Morgan fingerprint density at radius 2 is 0.902 bits per heavy atom. The fraction of sp³-hybridized carbons (Fsp3) is 0.0508. The third kappa shape index (κ3) is 6.19. The third-order valence-electron chi connectivity index (χ3n) is 12.6. The number of benzene rings is 10. The van der Waals surface area contributed by atoms with E-state index >= 15 is 0 Å². The molecule has 10 aromatic carbocycles. The summed E-state index contributed by atoms with van der Waals surface area (Å²) in [6.07, 6.45) is 0. The summed E-state index contributed by atoms with van der Waals surface area (Å²) in [5.41, 5.74) is 16.6. The van der Waals surface area contributed by atoms with Crippen molar-refractivity contribution >= 4 is 55.7 Å². The first-order valence-corrected chi connectivity index (χ1v) is 21.2. The molecule has 61 heavy (non-hydrogen) atoms. The van der Waals surface area contributed by atoms with Gasteiger partial charge >= 0.3 is 0 Å². The Bertz CT molecular complexity index is 3180. The van der Waals surface area contributed by atoms with Crippen molar-refractivity contribution < 1.29 is 0 Å². The van der Waals surface area contributed by atoms with E-state index in [1.807, 2.05) is 0 Å². The lowest BCUT2D eigenvalue weighted by atomic mass is 9.70. The number of para-hydroxylation sites is 3. The molecule has 0 amide bonds. The van der Waals surface area contributed by atoms with Crippen molar-refractivity contribution in [3.05, 3.63) is 242 Å². The Hall–Kier alpha value is -7.68. The molecule has 11 rings (SSSR count). The molecule has 2 heteroatoms. The van der Waals surface area contributed by atoms with Crippen molar-refractivity contribution in [1.82, 2.24) is 0 Å². The first-order chi connectivity index (χ1) is 30.0. The van der Waals surface area contributed by atoms with Crippen LogP contribution >= 0.6 is 0 Å². The number of hydrogen-bond donors (Lipinski definition) is 0. The summed E-state index contributed by atoms with van der Waals surface area (Å²) in [5.74, 6) is 0. The smallest absolute Gasteiger partial charge is 0.0618 e. The highest BCUT2D eigenvalue weighted by Crippen LogP contribution is 2.57. The zero-order valence-electron chi connectivity index (χ0n) is 34.3. The Morgan fingerprint density at radius 1 is 0.361 bits per heavy atom. The summed E-state index contributed by atoms with van der Waals surface area (Å²) < 4.78 is 0. The van der Waals surface area contributed by atoms with Gasteiger partial charge in [0.2, 0.25) is 0 Å². The Kier molecular flexibility index (Phi) is 8.86. The normalized spacial score (nSPS) is 12.9. The van der Waals surface area contributed by atoms with Crippen LogP contribution in [0.1, 0.15) is 25.0 Å². The summed E-state index contributed by atoms with van der Waals surface area (Å²) >= 11 is 0. The molecule has 0 saturated heterocycles. The predicted octanol–water partition coefficient (Wildman–Crippen LogP) is 16.6. The minimum Gasteiger partial charge on any atom is -0.310 e. The minimum absolute atomic E-state index is 0.270. The van der Waals surface area contributed by atoms with E-state index in [1.54, 1.807) is 0 Å². The maximum Gasteiger partial charge on any atom is 0.0618 e. The molecule has 2 nitrogen and oxygen atoms in total. The van der Waals surface area contributed by atoms with Gasteiger partial charge in [0.05, 0.1) is 17.1 Å². The van der Waals surface area contributed by atoms with E-state index in [9.17, 15) is 0 Å². The summed E-state index contributed by atoms with van der Waals surface area (Å²) in [7, 11) is 0. The van der Waals surface area contributed by atoms with Crippen LogP contribution in [0.2, 0.25) is 0 Å². The van der Waals surface area contributed by atoms with Crippen molar-refractivity contribution in [1.29, 1.82) is 0 Å². The first-order valence-electron chi connectivity index (χ1n) is 21.2. The molecular weight excluding hydrogens is 737 g/mol. The van der Waals surface area contributed by atoms with Crippen molar-refractivity contribution in [3.8, 4) is 33.4 Å². The van der Waals surface area contributed by atoms with Gasteiger partial charge in [0.25, 0.3) is 0 Å². The second kappa shape index (κ2) is 14.9. The van der Waals surface area contributed by atoms with Gasteiger partial charge in [-0.25, -0.2) is 0 Å². The largest absolute Gasteiger partial charge is 0.310 e. The lowest BCUT2D eigenvalue weighted by Gasteiger charge is -2.44. The quantitative estimate of drug-likeness (QED) is 0.159. The van der Waals surface area contributed by atoms with E-state index in [0.717, 1.165) is 17.1 Å². The Labute approximate surface area is 358 Å². The molecule has 10 aromatic rings. The van der Waals surface area contributed by atoms with Gasteiger partial charge in [-0.3, -0.25) is 0 Å². The Balaban J connectivity index is 1.07. The fourth-order valence-corrected chi connectivity index (χ4v) is 9.77. The van der Waals surface area contributed by atoms with Gasteiger partial charge < -0.3 is 9.80 Å². The van der Waals surface area contributed by atoms with Crippen molar-refractivity contribution in [2.45, 2.75) is 19.3 Å². The lowest BCUT2D eigenvalue weighted by Crippen LogP contribution is -2.31. The zero-order chi connectivity index (χ0) is 40.9. The maximum absolute atomic E-state index is 2.56. The highest BCUT2D eigenvalue weighted by Gasteiger charge is 2.40. The highest BCUT2D eigenvalue weighted by atomic mass is 15.2. The number of anilines is 6. The van der Waals surface area contributed by atoms with Gasteiger partial charge in [-0.05, 0) is 104 Å². The molecule has 0 bridgehead atoms. The molecule has 290 valence electrons. The lowest BCUT2D eigenvalue weighted by molar-refractivity contribution is 0.634. The average Bonchev–Trinajstić information content (AvgIpc) is 3.32. The standard InChI is InChI=1S/C59H44N2/c1-59(2)54-31-13-14-32-55(54)61(56-33-17-30-53(57(56)59)52-29-16-20-42-18-9-11-27-49(42)52)58-50-28-12-10-19-43(50)38-39-51(58)44-36-34-41(35-37-44)45-21-15-26-48(40-45)60(46-22-5-3-6-23-46)47-24-7-4-8-25-47/h3-40H,1-2H3. The second-order valence-electron chi connectivity index (χ2n) is 16.5.